The van der Waals surface area contributed by atoms with Crippen LogP contribution in [0.3, 0.4) is 0 Å². The van der Waals surface area contributed by atoms with Crippen LogP contribution in [-0.4, -0.2) is 28.5 Å². The normalized spacial score (nSPS) is 20.5. The van der Waals surface area contributed by atoms with E-state index in [0.29, 0.717) is 11.6 Å². The van der Waals surface area contributed by atoms with Crippen molar-refractivity contribution in [1.82, 2.24) is 4.90 Å². The summed E-state index contributed by atoms with van der Waals surface area (Å²) in [5.74, 6) is 0.0588. The molecule has 2 rings (SSSR count). The van der Waals surface area contributed by atoms with Crippen molar-refractivity contribution >= 4 is 5.91 Å². The number of benzene rings is 1. The summed E-state index contributed by atoms with van der Waals surface area (Å²) in [4.78, 5) is 14.5. The predicted molar refractivity (Wildman–Crippen MR) is 71.7 cm³/mol. The highest BCUT2D eigenvalue weighted by molar-refractivity contribution is 5.97. The van der Waals surface area contributed by atoms with E-state index in [0.717, 1.165) is 25.8 Å². The van der Waals surface area contributed by atoms with Gasteiger partial charge in [-0.15, -0.1) is 0 Å². The molecular formula is C15H21NO2. The smallest absolute Gasteiger partial charge is 0.257 e. The van der Waals surface area contributed by atoms with Crippen molar-refractivity contribution in [3.63, 3.8) is 0 Å². The molecule has 0 aromatic heterocycles. The number of hydrogen-bond acceptors (Lipinski definition) is 2. The molecule has 1 fully saturated rings. The minimum Gasteiger partial charge on any atom is -0.507 e. The number of phenolic OH excluding ortho intramolecular Hbond substituents is 1. The summed E-state index contributed by atoms with van der Waals surface area (Å²) >= 11 is 0. The Morgan fingerprint density at radius 3 is 2.83 bits per heavy atom. The van der Waals surface area contributed by atoms with Crippen molar-refractivity contribution in [3.05, 3.63) is 29.8 Å². The van der Waals surface area contributed by atoms with Gasteiger partial charge < -0.3 is 10.0 Å². The third-order valence-corrected chi connectivity index (χ3v) is 3.74. The maximum atomic E-state index is 12.5. The topological polar surface area (TPSA) is 40.5 Å². The molecule has 18 heavy (non-hydrogen) atoms. The van der Waals surface area contributed by atoms with Gasteiger partial charge in [0, 0.05) is 12.6 Å². The first-order valence-electron chi connectivity index (χ1n) is 6.83. The van der Waals surface area contributed by atoms with Crippen molar-refractivity contribution in [3.8, 4) is 5.75 Å². The molecule has 1 amide bonds. The van der Waals surface area contributed by atoms with Crippen LogP contribution in [0.15, 0.2) is 24.3 Å². The van der Waals surface area contributed by atoms with E-state index in [2.05, 4.69) is 6.92 Å². The zero-order valence-electron chi connectivity index (χ0n) is 10.9. The molecule has 1 aliphatic heterocycles. The SMILES string of the molecule is CCC1CCCCCN1C(=O)c1ccccc1O. The summed E-state index contributed by atoms with van der Waals surface area (Å²) in [7, 11) is 0. The van der Waals surface area contributed by atoms with Gasteiger partial charge in [-0.1, -0.05) is 31.9 Å². The standard InChI is InChI=1S/C15H21NO2/c1-2-12-8-4-3-7-11-16(12)15(18)13-9-5-6-10-14(13)17/h5-6,9-10,12,17H,2-4,7-8,11H2,1H3. The zero-order valence-corrected chi connectivity index (χ0v) is 10.9. The Labute approximate surface area is 108 Å². The predicted octanol–water partition coefficient (Wildman–Crippen LogP) is 3.19. The summed E-state index contributed by atoms with van der Waals surface area (Å²) in [6.45, 7) is 2.94. The van der Waals surface area contributed by atoms with Crippen molar-refractivity contribution in [1.29, 1.82) is 0 Å². The van der Waals surface area contributed by atoms with Crippen LogP contribution in [-0.2, 0) is 0 Å². The molecule has 1 heterocycles. The number of amides is 1. The Bertz CT molecular complexity index is 417. The van der Waals surface area contributed by atoms with E-state index >= 15 is 0 Å². The number of likely N-dealkylation sites (tertiary alicyclic amines) is 1. The van der Waals surface area contributed by atoms with E-state index in [1.165, 1.54) is 12.8 Å². The van der Waals surface area contributed by atoms with Crippen molar-refractivity contribution in [2.24, 2.45) is 0 Å². The molecule has 3 heteroatoms. The van der Waals surface area contributed by atoms with E-state index in [1.54, 1.807) is 24.3 Å². The van der Waals surface area contributed by atoms with Crippen LogP contribution in [0.5, 0.6) is 5.75 Å². The number of hydrogen-bond donors (Lipinski definition) is 1. The number of carbonyl (C=O) groups excluding carboxylic acids is 1. The van der Waals surface area contributed by atoms with Crippen LogP contribution in [0.1, 0.15) is 49.4 Å². The van der Waals surface area contributed by atoms with Gasteiger partial charge in [0.25, 0.3) is 5.91 Å². The maximum absolute atomic E-state index is 12.5. The Morgan fingerprint density at radius 1 is 1.33 bits per heavy atom. The van der Waals surface area contributed by atoms with Gasteiger partial charge in [-0.05, 0) is 31.4 Å². The molecule has 1 saturated heterocycles. The van der Waals surface area contributed by atoms with E-state index < -0.39 is 0 Å². The monoisotopic (exact) mass is 247 g/mol. The Kier molecular flexibility index (Phi) is 4.24. The molecule has 0 aliphatic carbocycles. The third kappa shape index (κ3) is 2.66. The number of nitrogens with zero attached hydrogens (tertiary/aromatic N) is 1. The summed E-state index contributed by atoms with van der Waals surface area (Å²) in [5, 5.41) is 9.79. The Balaban J connectivity index is 2.23. The first kappa shape index (κ1) is 12.9. The quantitative estimate of drug-likeness (QED) is 0.872. The average molecular weight is 247 g/mol. The molecule has 3 nitrogen and oxygen atoms in total. The molecule has 1 aromatic rings. The molecule has 1 unspecified atom stereocenters. The Hall–Kier alpha value is -1.51. The average Bonchev–Trinajstić information content (AvgIpc) is 2.63. The van der Waals surface area contributed by atoms with Gasteiger partial charge in [0.15, 0.2) is 0 Å². The van der Waals surface area contributed by atoms with Crippen LogP contribution in [0.2, 0.25) is 0 Å². The first-order valence-corrected chi connectivity index (χ1v) is 6.83. The van der Waals surface area contributed by atoms with E-state index in [1.807, 2.05) is 4.90 Å². The van der Waals surface area contributed by atoms with Crippen LogP contribution < -0.4 is 0 Å². The molecule has 1 N–H and O–H groups in total. The third-order valence-electron chi connectivity index (χ3n) is 3.74. The lowest BCUT2D eigenvalue weighted by atomic mass is 10.1. The second-order valence-electron chi connectivity index (χ2n) is 4.93. The highest BCUT2D eigenvalue weighted by Gasteiger charge is 2.26. The minimum absolute atomic E-state index is 0.0261. The number of aromatic hydroxyl groups is 1. The van der Waals surface area contributed by atoms with E-state index in [4.69, 9.17) is 0 Å². The van der Waals surface area contributed by atoms with Crippen LogP contribution in [0.25, 0.3) is 0 Å². The maximum Gasteiger partial charge on any atom is 0.257 e. The van der Waals surface area contributed by atoms with Gasteiger partial charge in [0.2, 0.25) is 0 Å². The van der Waals surface area contributed by atoms with Gasteiger partial charge in [0.1, 0.15) is 5.75 Å². The summed E-state index contributed by atoms with van der Waals surface area (Å²) in [6.07, 6.45) is 5.52. The number of phenols is 1. The van der Waals surface area contributed by atoms with Gasteiger partial charge >= 0.3 is 0 Å². The number of carbonyl (C=O) groups is 1. The Morgan fingerprint density at radius 2 is 2.11 bits per heavy atom. The summed E-state index contributed by atoms with van der Waals surface area (Å²) in [5.41, 5.74) is 0.429. The van der Waals surface area contributed by atoms with Crippen molar-refractivity contribution in [2.75, 3.05) is 6.54 Å². The first-order chi connectivity index (χ1) is 8.74. The van der Waals surface area contributed by atoms with Gasteiger partial charge in [-0.25, -0.2) is 0 Å². The van der Waals surface area contributed by atoms with Crippen LogP contribution in [0, 0.1) is 0 Å². The van der Waals surface area contributed by atoms with Crippen LogP contribution in [0.4, 0.5) is 0 Å². The fraction of sp³-hybridized carbons (Fsp3) is 0.533. The largest absolute Gasteiger partial charge is 0.507 e. The second-order valence-corrected chi connectivity index (χ2v) is 4.93. The van der Waals surface area contributed by atoms with Gasteiger partial charge in [0.05, 0.1) is 5.56 Å². The molecule has 0 spiro atoms. The van der Waals surface area contributed by atoms with Crippen LogP contribution >= 0.6 is 0 Å². The van der Waals surface area contributed by atoms with E-state index in [9.17, 15) is 9.90 Å². The number of para-hydroxylation sites is 1. The fourth-order valence-electron chi connectivity index (χ4n) is 2.68. The van der Waals surface area contributed by atoms with Crippen molar-refractivity contribution in [2.45, 2.75) is 45.1 Å². The highest BCUT2D eigenvalue weighted by atomic mass is 16.3. The summed E-state index contributed by atoms with van der Waals surface area (Å²) < 4.78 is 0. The second kappa shape index (κ2) is 5.89. The molecule has 1 aliphatic rings. The summed E-state index contributed by atoms with van der Waals surface area (Å²) in [6, 6.07) is 7.14. The lowest BCUT2D eigenvalue weighted by molar-refractivity contribution is 0.0675. The number of rotatable bonds is 2. The molecule has 1 aromatic carbocycles. The molecule has 0 bridgehead atoms. The molecule has 0 radical (unpaired) electrons. The molecule has 98 valence electrons. The van der Waals surface area contributed by atoms with Gasteiger partial charge in [-0.3, -0.25) is 4.79 Å². The lowest BCUT2D eigenvalue weighted by Crippen LogP contribution is -2.39. The zero-order chi connectivity index (χ0) is 13.0. The molecule has 0 saturated carbocycles. The van der Waals surface area contributed by atoms with E-state index in [-0.39, 0.29) is 11.7 Å². The van der Waals surface area contributed by atoms with Crippen molar-refractivity contribution < 1.29 is 9.90 Å². The lowest BCUT2D eigenvalue weighted by Gasteiger charge is -2.29. The molecule has 1 atom stereocenters. The van der Waals surface area contributed by atoms with Gasteiger partial charge in [-0.2, -0.15) is 0 Å². The highest BCUT2D eigenvalue weighted by Crippen LogP contribution is 2.24. The molecular weight excluding hydrogens is 226 g/mol. The fourth-order valence-corrected chi connectivity index (χ4v) is 2.68. The minimum atomic E-state index is -0.0261.